The van der Waals surface area contributed by atoms with Crippen LogP contribution in [0.3, 0.4) is 0 Å². The van der Waals surface area contributed by atoms with Gasteiger partial charge in [-0.25, -0.2) is 9.97 Å². The molecule has 3 heterocycles. The maximum absolute atomic E-state index is 12.4. The van der Waals surface area contributed by atoms with E-state index in [1.807, 2.05) is 0 Å². The Labute approximate surface area is 138 Å². The van der Waals surface area contributed by atoms with Crippen molar-refractivity contribution in [2.45, 2.75) is 6.92 Å². The van der Waals surface area contributed by atoms with Crippen molar-refractivity contribution in [3.05, 3.63) is 49.9 Å². The van der Waals surface area contributed by atoms with E-state index in [-0.39, 0.29) is 11.5 Å². The van der Waals surface area contributed by atoms with Gasteiger partial charge in [-0.2, -0.15) is 0 Å². The average Bonchev–Trinajstić information content (AvgIpc) is 2.83. The largest absolute Gasteiger partial charge is 0.306 e. The van der Waals surface area contributed by atoms with Crippen molar-refractivity contribution in [2.75, 3.05) is 5.32 Å². The number of nitrogens with zero attached hydrogens (tertiary/aromatic N) is 3. The smallest absolute Gasteiger partial charge is 0.267 e. The molecule has 0 fully saturated rings. The number of hydrogen-bond acceptors (Lipinski definition) is 5. The third-order valence-corrected chi connectivity index (χ3v) is 4.85. The Balaban J connectivity index is 2.01. The van der Waals surface area contributed by atoms with Crippen LogP contribution in [0.5, 0.6) is 0 Å². The second-order valence-corrected chi connectivity index (χ2v) is 6.63. The number of pyridine rings is 1. The summed E-state index contributed by atoms with van der Waals surface area (Å²) in [5, 5.41) is 3.21. The van der Waals surface area contributed by atoms with Gasteiger partial charge in [0, 0.05) is 17.7 Å². The van der Waals surface area contributed by atoms with Crippen molar-refractivity contribution >= 4 is 49.2 Å². The summed E-state index contributed by atoms with van der Waals surface area (Å²) < 4.78 is 2.23. The molecule has 8 heteroatoms. The van der Waals surface area contributed by atoms with Gasteiger partial charge in [-0.1, -0.05) is 0 Å². The summed E-state index contributed by atoms with van der Waals surface area (Å²) in [7, 11) is 1.64. The van der Waals surface area contributed by atoms with E-state index in [0.717, 1.165) is 4.47 Å². The number of aromatic nitrogens is 3. The molecule has 0 aliphatic rings. The van der Waals surface area contributed by atoms with E-state index in [2.05, 4.69) is 31.2 Å². The molecule has 3 rings (SSSR count). The van der Waals surface area contributed by atoms with Crippen molar-refractivity contribution in [1.29, 1.82) is 0 Å². The molecule has 112 valence electrons. The molecule has 0 aliphatic heterocycles. The standard InChI is InChI=1S/C14H11BrN4O2S/c1-7-10-13(17-6-19(2)14(10)21)22-11(7)12(20)18-9-4-3-8(15)5-16-9/h3-6H,1-2H3,(H,16,18,20). The van der Waals surface area contributed by atoms with Gasteiger partial charge in [0.2, 0.25) is 0 Å². The minimum atomic E-state index is -0.294. The van der Waals surface area contributed by atoms with Gasteiger partial charge in [0.1, 0.15) is 10.6 Å². The van der Waals surface area contributed by atoms with Gasteiger partial charge in [-0.15, -0.1) is 11.3 Å². The number of rotatable bonds is 2. The SMILES string of the molecule is Cc1c(C(=O)Nc2ccc(Br)cn2)sc2ncn(C)c(=O)c12. The molecule has 0 bridgehead atoms. The zero-order chi connectivity index (χ0) is 15.9. The molecule has 0 radical (unpaired) electrons. The minimum absolute atomic E-state index is 0.153. The van der Waals surface area contributed by atoms with Crippen molar-refractivity contribution < 1.29 is 4.79 Å². The van der Waals surface area contributed by atoms with Crippen LogP contribution in [-0.4, -0.2) is 20.4 Å². The minimum Gasteiger partial charge on any atom is -0.306 e. The van der Waals surface area contributed by atoms with E-state index >= 15 is 0 Å². The molecular formula is C14H11BrN4O2S. The summed E-state index contributed by atoms with van der Waals surface area (Å²) in [6, 6.07) is 3.49. The van der Waals surface area contributed by atoms with Gasteiger partial charge in [0.15, 0.2) is 0 Å². The molecule has 0 aliphatic carbocycles. The van der Waals surface area contributed by atoms with Crippen molar-refractivity contribution in [3.8, 4) is 0 Å². The summed E-state index contributed by atoms with van der Waals surface area (Å²) in [6.45, 7) is 1.76. The molecule has 0 spiro atoms. The number of thiophene rings is 1. The van der Waals surface area contributed by atoms with Gasteiger partial charge in [-0.3, -0.25) is 9.59 Å². The number of carbonyl (C=O) groups is 1. The van der Waals surface area contributed by atoms with Crippen LogP contribution in [0, 0.1) is 6.92 Å². The van der Waals surface area contributed by atoms with E-state index < -0.39 is 0 Å². The van der Waals surface area contributed by atoms with Crippen LogP contribution in [0.1, 0.15) is 15.2 Å². The van der Waals surface area contributed by atoms with E-state index in [1.165, 1.54) is 22.2 Å². The third-order valence-electron chi connectivity index (χ3n) is 3.19. The predicted octanol–water partition coefficient (Wildman–Crippen LogP) is 2.71. The maximum Gasteiger partial charge on any atom is 0.267 e. The fraction of sp³-hybridized carbons (Fsp3) is 0.143. The second kappa shape index (κ2) is 5.62. The number of nitrogens with one attached hydrogen (secondary N) is 1. The lowest BCUT2D eigenvalue weighted by Crippen LogP contribution is -2.17. The molecule has 0 atom stereocenters. The first-order valence-electron chi connectivity index (χ1n) is 6.35. The number of halogens is 1. The molecule has 0 saturated carbocycles. The van der Waals surface area contributed by atoms with Crippen LogP contribution in [-0.2, 0) is 7.05 Å². The normalized spacial score (nSPS) is 10.9. The Morgan fingerprint density at radius 3 is 2.82 bits per heavy atom. The molecule has 1 N–H and O–H groups in total. The lowest BCUT2D eigenvalue weighted by Gasteiger charge is -2.03. The highest BCUT2D eigenvalue weighted by molar-refractivity contribution is 9.10. The van der Waals surface area contributed by atoms with Crippen LogP contribution in [0.15, 0.2) is 33.9 Å². The molecule has 6 nitrogen and oxygen atoms in total. The highest BCUT2D eigenvalue weighted by Gasteiger charge is 2.19. The van der Waals surface area contributed by atoms with E-state index in [0.29, 0.717) is 26.5 Å². The summed E-state index contributed by atoms with van der Waals surface area (Å²) in [5.41, 5.74) is 0.489. The quantitative estimate of drug-likeness (QED) is 0.743. The fourth-order valence-electron chi connectivity index (χ4n) is 2.05. The molecule has 0 unspecified atom stereocenters. The molecule has 22 heavy (non-hydrogen) atoms. The van der Waals surface area contributed by atoms with Gasteiger partial charge in [0.25, 0.3) is 11.5 Å². The lowest BCUT2D eigenvalue weighted by atomic mass is 10.2. The number of amides is 1. The number of anilines is 1. The molecule has 3 aromatic heterocycles. The first-order valence-corrected chi connectivity index (χ1v) is 7.96. The first-order chi connectivity index (χ1) is 10.5. The van der Waals surface area contributed by atoms with Crippen LogP contribution in [0.25, 0.3) is 10.2 Å². The molecular weight excluding hydrogens is 368 g/mol. The topological polar surface area (TPSA) is 76.9 Å². The second-order valence-electron chi connectivity index (χ2n) is 4.71. The highest BCUT2D eigenvalue weighted by atomic mass is 79.9. The molecule has 0 saturated heterocycles. The highest BCUT2D eigenvalue weighted by Crippen LogP contribution is 2.27. The molecule has 0 aromatic carbocycles. The van der Waals surface area contributed by atoms with Crippen molar-refractivity contribution in [2.24, 2.45) is 7.05 Å². The maximum atomic E-state index is 12.4. The van der Waals surface area contributed by atoms with Crippen molar-refractivity contribution in [1.82, 2.24) is 14.5 Å². The Morgan fingerprint density at radius 2 is 2.14 bits per heavy atom. The zero-order valence-electron chi connectivity index (χ0n) is 11.8. The van der Waals surface area contributed by atoms with Crippen LogP contribution >= 0.6 is 27.3 Å². The number of aryl methyl sites for hydroxylation is 2. The van der Waals surface area contributed by atoms with Gasteiger partial charge >= 0.3 is 0 Å². The summed E-state index contributed by atoms with van der Waals surface area (Å²) >= 11 is 4.49. The van der Waals surface area contributed by atoms with Crippen LogP contribution in [0.4, 0.5) is 5.82 Å². The van der Waals surface area contributed by atoms with E-state index in [9.17, 15) is 9.59 Å². The summed E-state index contributed by atoms with van der Waals surface area (Å²) in [4.78, 5) is 33.9. The molecule has 1 amide bonds. The Hall–Kier alpha value is -2.06. The van der Waals surface area contributed by atoms with Gasteiger partial charge < -0.3 is 9.88 Å². The average molecular weight is 379 g/mol. The Bertz CT molecular complexity index is 930. The Morgan fingerprint density at radius 1 is 1.36 bits per heavy atom. The fourth-order valence-corrected chi connectivity index (χ4v) is 3.32. The first kappa shape index (κ1) is 14.9. The number of carbonyl (C=O) groups excluding carboxylic acids is 1. The van der Waals surface area contributed by atoms with E-state index in [4.69, 9.17) is 0 Å². The predicted molar refractivity (Wildman–Crippen MR) is 89.5 cm³/mol. The lowest BCUT2D eigenvalue weighted by molar-refractivity contribution is 0.102. The van der Waals surface area contributed by atoms with Crippen molar-refractivity contribution in [3.63, 3.8) is 0 Å². The Kier molecular flexibility index (Phi) is 3.79. The zero-order valence-corrected chi connectivity index (χ0v) is 14.2. The van der Waals surface area contributed by atoms with E-state index in [1.54, 1.807) is 32.3 Å². The summed E-state index contributed by atoms with van der Waals surface area (Å²) in [6.07, 6.45) is 3.06. The third kappa shape index (κ3) is 2.55. The summed E-state index contributed by atoms with van der Waals surface area (Å²) in [5.74, 6) is 0.156. The monoisotopic (exact) mass is 378 g/mol. The van der Waals surface area contributed by atoms with Gasteiger partial charge in [0.05, 0.1) is 16.6 Å². The molecule has 3 aromatic rings. The number of hydrogen-bond donors (Lipinski definition) is 1. The van der Waals surface area contributed by atoms with Gasteiger partial charge in [-0.05, 0) is 40.5 Å². The number of fused-ring (bicyclic) bond motifs is 1. The van der Waals surface area contributed by atoms with Crippen LogP contribution < -0.4 is 10.9 Å². The van der Waals surface area contributed by atoms with Crippen LogP contribution in [0.2, 0.25) is 0 Å².